The van der Waals surface area contributed by atoms with Gasteiger partial charge < -0.3 is 21.3 Å². The molecular formula is C16H18N2O3. The van der Waals surface area contributed by atoms with Crippen LogP contribution in [0.4, 0.5) is 0 Å². The van der Waals surface area contributed by atoms with Crippen molar-refractivity contribution in [2.75, 3.05) is 0 Å². The molecule has 0 fully saturated rings. The first-order valence-electron chi connectivity index (χ1n) is 6.63. The van der Waals surface area contributed by atoms with Gasteiger partial charge in [0.2, 0.25) is 0 Å². The molecule has 0 bridgehead atoms. The number of aromatic hydroxyl groups is 2. The first-order chi connectivity index (χ1) is 10.0. The van der Waals surface area contributed by atoms with Crippen molar-refractivity contribution in [3.63, 3.8) is 0 Å². The number of carbonyl (C=O) groups excluding carboxylic acids is 1. The van der Waals surface area contributed by atoms with Crippen LogP contribution in [-0.4, -0.2) is 16.1 Å². The third-order valence-corrected chi connectivity index (χ3v) is 3.29. The van der Waals surface area contributed by atoms with Crippen LogP contribution in [0.5, 0.6) is 11.5 Å². The molecule has 0 aliphatic carbocycles. The van der Waals surface area contributed by atoms with Crippen molar-refractivity contribution in [2.24, 2.45) is 5.73 Å². The van der Waals surface area contributed by atoms with Crippen molar-refractivity contribution in [2.45, 2.75) is 19.5 Å². The monoisotopic (exact) mass is 286 g/mol. The number of phenols is 2. The summed E-state index contributed by atoms with van der Waals surface area (Å²) in [6, 6.07) is 11.2. The summed E-state index contributed by atoms with van der Waals surface area (Å²) in [6.45, 7) is 2.31. The number of amides is 1. The number of phenolic OH excluding ortho intramolecular Hbond substituents is 2. The Morgan fingerprint density at radius 3 is 2.48 bits per heavy atom. The third kappa shape index (κ3) is 3.52. The zero-order chi connectivity index (χ0) is 15.4. The molecule has 0 saturated carbocycles. The van der Waals surface area contributed by atoms with Gasteiger partial charge in [0.15, 0.2) is 0 Å². The lowest BCUT2D eigenvalue weighted by Crippen LogP contribution is -2.26. The van der Waals surface area contributed by atoms with Crippen molar-refractivity contribution < 1.29 is 15.0 Å². The number of hydrogen-bond acceptors (Lipinski definition) is 4. The highest BCUT2D eigenvalue weighted by Crippen LogP contribution is 2.23. The Morgan fingerprint density at radius 1 is 1.19 bits per heavy atom. The zero-order valence-corrected chi connectivity index (χ0v) is 11.7. The Bertz CT molecular complexity index is 638. The summed E-state index contributed by atoms with van der Waals surface area (Å²) < 4.78 is 0. The summed E-state index contributed by atoms with van der Waals surface area (Å²) in [6.07, 6.45) is 0. The van der Waals surface area contributed by atoms with Crippen LogP contribution < -0.4 is 11.1 Å². The SMILES string of the molecule is CC(NC(=O)c1cc(O)ccc1O)c1ccc(CN)cc1. The van der Waals surface area contributed by atoms with E-state index >= 15 is 0 Å². The molecule has 1 atom stereocenters. The number of carbonyl (C=O) groups is 1. The number of hydrogen-bond donors (Lipinski definition) is 4. The van der Waals surface area contributed by atoms with Crippen LogP contribution >= 0.6 is 0 Å². The highest BCUT2D eigenvalue weighted by molar-refractivity contribution is 5.97. The van der Waals surface area contributed by atoms with Gasteiger partial charge in [0.05, 0.1) is 11.6 Å². The van der Waals surface area contributed by atoms with Gasteiger partial charge in [-0.1, -0.05) is 24.3 Å². The van der Waals surface area contributed by atoms with Crippen LogP contribution in [0.25, 0.3) is 0 Å². The lowest BCUT2D eigenvalue weighted by molar-refractivity contribution is 0.0937. The lowest BCUT2D eigenvalue weighted by Gasteiger charge is -2.15. The minimum absolute atomic E-state index is 0.0421. The van der Waals surface area contributed by atoms with E-state index in [1.165, 1.54) is 18.2 Å². The summed E-state index contributed by atoms with van der Waals surface area (Å²) in [5.41, 5.74) is 7.53. The van der Waals surface area contributed by atoms with Crippen LogP contribution in [0, 0.1) is 0 Å². The molecule has 2 rings (SSSR count). The Morgan fingerprint density at radius 2 is 1.86 bits per heavy atom. The molecule has 0 aliphatic heterocycles. The zero-order valence-electron chi connectivity index (χ0n) is 11.7. The maximum absolute atomic E-state index is 12.1. The largest absolute Gasteiger partial charge is 0.508 e. The molecule has 0 aromatic heterocycles. The first kappa shape index (κ1) is 14.9. The second-order valence-corrected chi connectivity index (χ2v) is 4.84. The van der Waals surface area contributed by atoms with Gasteiger partial charge in [0, 0.05) is 6.54 Å². The van der Waals surface area contributed by atoms with Gasteiger partial charge in [0.1, 0.15) is 11.5 Å². The molecule has 5 heteroatoms. The second kappa shape index (κ2) is 6.28. The molecule has 0 saturated heterocycles. The molecule has 21 heavy (non-hydrogen) atoms. The summed E-state index contributed by atoms with van der Waals surface area (Å²) in [4.78, 5) is 12.1. The van der Waals surface area contributed by atoms with E-state index in [1.807, 2.05) is 31.2 Å². The van der Waals surface area contributed by atoms with Crippen LogP contribution in [0.3, 0.4) is 0 Å². The van der Waals surface area contributed by atoms with Crippen LogP contribution in [0.15, 0.2) is 42.5 Å². The number of nitrogens with one attached hydrogen (secondary N) is 1. The van der Waals surface area contributed by atoms with E-state index in [1.54, 1.807) is 0 Å². The number of nitrogens with two attached hydrogens (primary N) is 1. The Labute approximate surface area is 123 Å². The van der Waals surface area contributed by atoms with Crippen molar-refractivity contribution in [1.29, 1.82) is 0 Å². The summed E-state index contributed by atoms with van der Waals surface area (Å²) in [5.74, 6) is -0.687. The molecule has 0 aliphatic rings. The van der Waals surface area contributed by atoms with Gasteiger partial charge in [0.25, 0.3) is 5.91 Å². The molecule has 5 nitrogen and oxygen atoms in total. The van der Waals surface area contributed by atoms with E-state index in [2.05, 4.69) is 5.32 Å². The molecule has 0 spiro atoms. The average Bonchev–Trinajstić information content (AvgIpc) is 2.49. The Kier molecular flexibility index (Phi) is 4.45. The van der Waals surface area contributed by atoms with Crippen LogP contribution in [-0.2, 0) is 6.54 Å². The number of rotatable bonds is 4. The number of benzene rings is 2. The molecule has 110 valence electrons. The average molecular weight is 286 g/mol. The Hall–Kier alpha value is -2.53. The van der Waals surface area contributed by atoms with Crippen molar-refractivity contribution in [3.8, 4) is 11.5 Å². The molecule has 2 aromatic carbocycles. The van der Waals surface area contributed by atoms with E-state index in [0.717, 1.165) is 11.1 Å². The molecule has 0 radical (unpaired) electrons. The standard InChI is InChI=1S/C16H18N2O3/c1-10(12-4-2-11(9-17)3-5-12)18-16(21)14-8-13(19)6-7-15(14)20/h2-8,10,19-20H,9,17H2,1H3,(H,18,21). The molecule has 5 N–H and O–H groups in total. The van der Waals surface area contributed by atoms with Gasteiger partial charge >= 0.3 is 0 Å². The van der Waals surface area contributed by atoms with E-state index in [9.17, 15) is 15.0 Å². The molecule has 1 amide bonds. The van der Waals surface area contributed by atoms with E-state index in [-0.39, 0.29) is 23.1 Å². The smallest absolute Gasteiger partial charge is 0.255 e. The normalized spacial score (nSPS) is 11.9. The van der Waals surface area contributed by atoms with Gasteiger partial charge in [-0.2, -0.15) is 0 Å². The van der Waals surface area contributed by atoms with Gasteiger partial charge in [-0.15, -0.1) is 0 Å². The quantitative estimate of drug-likeness (QED) is 0.647. The van der Waals surface area contributed by atoms with E-state index in [0.29, 0.717) is 6.54 Å². The van der Waals surface area contributed by atoms with Crippen LogP contribution in [0.2, 0.25) is 0 Å². The first-order valence-corrected chi connectivity index (χ1v) is 6.63. The van der Waals surface area contributed by atoms with Gasteiger partial charge in [-0.25, -0.2) is 0 Å². The fraction of sp³-hybridized carbons (Fsp3) is 0.188. The van der Waals surface area contributed by atoms with Gasteiger partial charge in [-0.05, 0) is 36.2 Å². The molecule has 1 unspecified atom stereocenters. The fourth-order valence-electron chi connectivity index (χ4n) is 2.01. The maximum Gasteiger partial charge on any atom is 0.255 e. The van der Waals surface area contributed by atoms with E-state index < -0.39 is 5.91 Å². The minimum Gasteiger partial charge on any atom is -0.508 e. The van der Waals surface area contributed by atoms with Crippen molar-refractivity contribution >= 4 is 5.91 Å². The topological polar surface area (TPSA) is 95.6 Å². The Balaban J connectivity index is 2.12. The second-order valence-electron chi connectivity index (χ2n) is 4.84. The van der Waals surface area contributed by atoms with E-state index in [4.69, 9.17) is 5.73 Å². The molecule has 0 heterocycles. The molecule has 2 aromatic rings. The van der Waals surface area contributed by atoms with Crippen molar-refractivity contribution in [3.05, 3.63) is 59.2 Å². The summed E-state index contributed by atoms with van der Waals surface area (Å²) >= 11 is 0. The predicted octanol–water partition coefficient (Wildman–Crippen LogP) is 2.05. The fourth-order valence-corrected chi connectivity index (χ4v) is 2.01. The van der Waals surface area contributed by atoms with Crippen molar-refractivity contribution in [1.82, 2.24) is 5.32 Å². The highest BCUT2D eigenvalue weighted by Gasteiger charge is 2.15. The lowest BCUT2D eigenvalue weighted by atomic mass is 10.1. The minimum atomic E-state index is -0.446. The maximum atomic E-state index is 12.1. The molecular weight excluding hydrogens is 268 g/mol. The van der Waals surface area contributed by atoms with Gasteiger partial charge in [-0.3, -0.25) is 4.79 Å². The highest BCUT2D eigenvalue weighted by atomic mass is 16.3. The van der Waals surface area contributed by atoms with Crippen LogP contribution in [0.1, 0.15) is 34.5 Å². The third-order valence-electron chi connectivity index (χ3n) is 3.29. The summed E-state index contributed by atoms with van der Waals surface area (Å²) in [7, 11) is 0. The summed E-state index contributed by atoms with van der Waals surface area (Å²) in [5, 5.41) is 21.8. The predicted molar refractivity (Wildman–Crippen MR) is 80.0 cm³/mol.